The summed E-state index contributed by atoms with van der Waals surface area (Å²) in [6, 6.07) is 21.9. The molecule has 0 spiro atoms. The largest absolute Gasteiger partial charge is 0.464 e. The van der Waals surface area contributed by atoms with E-state index in [-0.39, 0.29) is 17.5 Å². The standard InChI is InChI=1S/C27H24N2O4/c1-32-27(31)23-9-5-8-22(29-23)24-16-28-26(33-24)25(30)21-13-12-19-14-18(10-11-20(19)15-21)17-6-3-2-4-7-17/h2-11,14,16,21,25,30H,12-13,15H2,1H3. The van der Waals surface area contributed by atoms with Gasteiger partial charge >= 0.3 is 5.97 Å². The number of benzene rings is 2. The Labute approximate surface area is 191 Å². The molecule has 2 aromatic carbocycles. The highest BCUT2D eigenvalue weighted by Gasteiger charge is 2.29. The third-order valence-corrected chi connectivity index (χ3v) is 6.20. The number of esters is 1. The molecule has 33 heavy (non-hydrogen) atoms. The Morgan fingerprint density at radius 1 is 1.06 bits per heavy atom. The fourth-order valence-corrected chi connectivity index (χ4v) is 4.40. The van der Waals surface area contributed by atoms with Crippen molar-refractivity contribution < 1.29 is 19.1 Å². The molecule has 1 aliphatic carbocycles. The van der Waals surface area contributed by atoms with Crippen molar-refractivity contribution in [2.75, 3.05) is 7.11 Å². The van der Waals surface area contributed by atoms with Gasteiger partial charge in [-0.2, -0.15) is 0 Å². The molecule has 2 atom stereocenters. The second kappa shape index (κ2) is 9.00. The van der Waals surface area contributed by atoms with E-state index in [9.17, 15) is 9.90 Å². The van der Waals surface area contributed by atoms with E-state index in [0.717, 1.165) is 19.3 Å². The number of methoxy groups -OCH3 is 1. The summed E-state index contributed by atoms with van der Waals surface area (Å²) in [6.07, 6.45) is 3.22. The Morgan fingerprint density at radius 3 is 2.73 bits per heavy atom. The van der Waals surface area contributed by atoms with E-state index < -0.39 is 12.1 Å². The molecule has 1 N–H and O–H groups in total. The number of hydrogen-bond donors (Lipinski definition) is 1. The first-order valence-corrected chi connectivity index (χ1v) is 11.0. The summed E-state index contributed by atoms with van der Waals surface area (Å²) < 4.78 is 10.6. The number of rotatable bonds is 5. The number of fused-ring (bicyclic) bond motifs is 1. The summed E-state index contributed by atoms with van der Waals surface area (Å²) in [4.78, 5) is 20.3. The van der Waals surface area contributed by atoms with Crippen LogP contribution in [0.3, 0.4) is 0 Å². The zero-order valence-electron chi connectivity index (χ0n) is 18.3. The number of hydrogen-bond acceptors (Lipinski definition) is 6. The molecule has 6 heteroatoms. The van der Waals surface area contributed by atoms with Crippen molar-refractivity contribution >= 4 is 5.97 Å². The van der Waals surface area contributed by atoms with Crippen LogP contribution < -0.4 is 0 Å². The fourth-order valence-electron chi connectivity index (χ4n) is 4.40. The predicted octanol–water partition coefficient (Wildman–Crippen LogP) is 5.03. The van der Waals surface area contributed by atoms with Crippen LogP contribution in [0.5, 0.6) is 0 Å². The molecule has 0 saturated carbocycles. The van der Waals surface area contributed by atoms with Gasteiger partial charge in [-0.3, -0.25) is 0 Å². The third-order valence-electron chi connectivity index (χ3n) is 6.20. The summed E-state index contributed by atoms with van der Waals surface area (Å²) in [5.41, 5.74) is 5.66. The molecule has 2 unspecified atom stereocenters. The van der Waals surface area contributed by atoms with E-state index in [1.54, 1.807) is 18.2 Å². The van der Waals surface area contributed by atoms with Crippen LogP contribution in [0.2, 0.25) is 0 Å². The second-order valence-electron chi connectivity index (χ2n) is 8.26. The quantitative estimate of drug-likeness (QED) is 0.438. The van der Waals surface area contributed by atoms with Gasteiger partial charge in [0, 0.05) is 0 Å². The van der Waals surface area contributed by atoms with E-state index in [0.29, 0.717) is 11.5 Å². The zero-order chi connectivity index (χ0) is 22.8. The molecule has 166 valence electrons. The minimum absolute atomic E-state index is 0.0148. The Hall–Kier alpha value is -3.77. The van der Waals surface area contributed by atoms with Crippen molar-refractivity contribution in [1.29, 1.82) is 0 Å². The molecule has 4 aromatic rings. The average Bonchev–Trinajstić information content (AvgIpc) is 3.38. The van der Waals surface area contributed by atoms with Gasteiger partial charge in [-0.05, 0) is 59.6 Å². The highest BCUT2D eigenvalue weighted by molar-refractivity contribution is 5.87. The van der Waals surface area contributed by atoms with Crippen LogP contribution in [0.1, 0.15) is 40.0 Å². The van der Waals surface area contributed by atoms with Crippen molar-refractivity contribution in [3.05, 3.63) is 95.6 Å². The maximum atomic E-state index is 11.7. The number of carbonyl (C=O) groups is 1. The first kappa shape index (κ1) is 21.1. The smallest absolute Gasteiger partial charge is 0.356 e. The Kier molecular flexibility index (Phi) is 5.75. The van der Waals surface area contributed by atoms with Crippen LogP contribution in [0.15, 0.2) is 77.3 Å². The molecule has 0 amide bonds. The topological polar surface area (TPSA) is 85.5 Å². The number of carbonyl (C=O) groups excluding carboxylic acids is 1. The van der Waals surface area contributed by atoms with Crippen molar-refractivity contribution in [3.63, 3.8) is 0 Å². The lowest BCUT2D eigenvalue weighted by atomic mass is 9.80. The number of pyridine rings is 1. The number of nitrogens with zero attached hydrogens (tertiary/aromatic N) is 2. The highest BCUT2D eigenvalue weighted by Crippen LogP contribution is 2.36. The van der Waals surface area contributed by atoms with E-state index in [1.807, 2.05) is 18.2 Å². The molecular formula is C27H24N2O4. The lowest BCUT2D eigenvalue weighted by Gasteiger charge is -2.27. The third kappa shape index (κ3) is 4.30. The van der Waals surface area contributed by atoms with Gasteiger partial charge in [0.25, 0.3) is 0 Å². The minimum Gasteiger partial charge on any atom is -0.464 e. The van der Waals surface area contributed by atoms with Gasteiger partial charge in [0.05, 0.1) is 13.3 Å². The van der Waals surface area contributed by atoms with Crippen molar-refractivity contribution in [3.8, 4) is 22.6 Å². The molecule has 0 saturated heterocycles. The Balaban J connectivity index is 1.32. The van der Waals surface area contributed by atoms with Crippen LogP contribution in [0.25, 0.3) is 22.6 Å². The molecule has 0 radical (unpaired) electrons. The van der Waals surface area contributed by atoms with Crippen LogP contribution in [0, 0.1) is 5.92 Å². The first-order valence-electron chi connectivity index (χ1n) is 11.0. The summed E-state index contributed by atoms with van der Waals surface area (Å²) in [6.45, 7) is 0. The number of ether oxygens (including phenoxy) is 1. The highest BCUT2D eigenvalue weighted by atomic mass is 16.5. The molecule has 2 heterocycles. The summed E-state index contributed by atoms with van der Waals surface area (Å²) >= 11 is 0. The molecular weight excluding hydrogens is 416 g/mol. The summed E-state index contributed by atoms with van der Waals surface area (Å²) in [5, 5.41) is 11.0. The summed E-state index contributed by atoms with van der Waals surface area (Å²) in [7, 11) is 1.31. The number of aromatic nitrogens is 2. The molecule has 2 aromatic heterocycles. The summed E-state index contributed by atoms with van der Waals surface area (Å²) in [5.74, 6) is 0.164. The Bertz CT molecular complexity index is 1280. The number of aryl methyl sites for hydroxylation is 1. The van der Waals surface area contributed by atoms with Crippen LogP contribution in [0.4, 0.5) is 0 Å². The normalized spacial score (nSPS) is 16.1. The monoisotopic (exact) mass is 440 g/mol. The molecule has 0 bridgehead atoms. The maximum Gasteiger partial charge on any atom is 0.356 e. The maximum absolute atomic E-state index is 11.7. The SMILES string of the molecule is COC(=O)c1cccc(-c2cnc(C(O)C3CCc4cc(-c5ccccc5)ccc4C3)o2)n1. The predicted molar refractivity (Wildman–Crippen MR) is 123 cm³/mol. The zero-order valence-corrected chi connectivity index (χ0v) is 18.3. The lowest BCUT2D eigenvalue weighted by Crippen LogP contribution is -2.21. The lowest BCUT2D eigenvalue weighted by molar-refractivity contribution is 0.0594. The fraction of sp³-hybridized carbons (Fsp3) is 0.222. The first-order chi connectivity index (χ1) is 16.1. The number of oxazole rings is 1. The second-order valence-corrected chi connectivity index (χ2v) is 8.26. The van der Waals surface area contributed by atoms with Gasteiger partial charge in [-0.25, -0.2) is 14.8 Å². The number of aliphatic hydroxyl groups is 1. The van der Waals surface area contributed by atoms with Gasteiger partial charge in [-0.1, -0.05) is 54.6 Å². The number of aliphatic hydroxyl groups excluding tert-OH is 1. The molecule has 1 aliphatic rings. The Morgan fingerprint density at radius 2 is 1.91 bits per heavy atom. The van der Waals surface area contributed by atoms with Crippen LogP contribution >= 0.6 is 0 Å². The van der Waals surface area contributed by atoms with Gasteiger partial charge in [0.15, 0.2) is 5.76 Å². The van der Waals surface area contributed by atoms with Gasteiger partial charge in [0.2, 0.25) is 5.89 Å². The molecule has 0 fully saturated rings. The van der Waals surface area contributed by atoms with Crippen LogP contribution in [-0.4, -0.2) is 28.2 Å². The van der Waals surface area contributed by atoms with Gasteiger partial charge < -0.3 is 14.3 Å². The molecule has 0 aliphatic heterocycles. The van der Waals surface area contributed by atoms with E-state index in [4.69, 9.17) is 9.15 Å². The van der Waals surface area contributed by atoms with E-state index >= 15 is 0 Å². The van der Waals surface area contributed by atoms with E-state index in [2.05, 4.69) is 40.3 Å². The average molecular weight is 440 g/mol. The van der Waals surface area contributed by atoms with E-state index in [1.165, 1.54) is 35.6 Å². The van der Waals surface area contributed by atoms with Crippen molar-refractivity contribution in [2.45, 2.75) is 25.4 Å². The van der Waals surface area contributed by atoms with Crippen molar-refractivity contribution in [2.24, 2.45) is 5.92 Å². The molecule has 5 rings (SSSR count). The molecule has 6 nitrogen and oxygen atoms in total. The minimum atomic E-state index is -0.815. The van der Waals surface area contributed by atoms with Crippen molar-refractivity contribution in [1.82, 2.24) is 9.97 Å². The van der Waals surface area contributed by atoms with Crippen LogP contribution in [-0.2, 0) is 17.6 Å². The van der Waals surface area contributed by atoms with Gasteiger partial charge in [0.1, 0.15) is 17.5 Å². The van der Waals surface area contributed by atoms with Gasteiger partial charge in [-0.15, -0.1) is 0 Å².